The Hall–Kier alpha value is -2.37. The Bertz CT molecular complexity index is 831. The number of para-hydroxylation sites is 1. The lowest BCUT2D eigenvalue weighted by molar-refractivity contribution is -0.132. The predicted molar refractivity (Wildman–Crippen MR) is 93.1 cm³/mol. The number of benzene rings is 1. The summed E-state index contributed by atoms with van der Waals surface area (Å²) in [5, 5.41) is 0.515. The number of H-pyrrole nitrogens is 1. The molecule has 6 nitrogen and oxygen atoms in total. The van der Waals surface area contributed by atoms with E-state index in [9.17, 15) is 14.4 Å². The maximum atomic E-state index is 12.4. The minimum atomic E-state index is -0.388. The number of hydrogen-bond acceptors (Lipinski definition) is 3. The van der Waals surface area contributed by atoms with Gasteiger partial charge in [-0.05, 0) is 44.2 Å². The Morgan fingerprint density at radius 2 is 1.79 bits per heavy atom. The number of aromatic amines is 1. The number of piperidine rings is 1. The van der Waals surface area contributed by atoms with Crippen molar-refractivity contribution in [2.75, 3.05) is 13.1 Å². The molecule has 1 aromatic heterocycles. The van der Waals surface area contributed by atoms with E-state index in [0.29, 0.717) is 36.7 Å². The van der Waals surface area contributed by atoms with Gasteiger partial charge in [-0.1, -0.05) is 12.1 Å². The molecule has 1 aliphatic rings. The van der Waals surface area contributed by atoms with Crippen LogP contribution in [0.15, 0.2) is 33.9 Å². The minimum Gasteiger partial charge on any atom is -0.343 e. The van der Waals surface area contributed by atoms with E-state index >= 15 is 0 Å². The number of unbranched alkanes of at least 4 members (excludes halogenated alkanes) is 1. The topological polar surface area (TPSA) is 75.2 Å². The molecule has 0 saturated carbocycles. The number of aromatic nitrogens is 2. The number of nitrogens with zero attached hydrogens (tertiary/aromatic N) is 2. The minimum absolute atomic E-state index is 0.189. The van der Waals surface area contributed by atoms with Gasteiger partial charge in [-0.25, -0.2) is 4.79 Å². The average molecular weight is 329 g/mol. The molecule has 0 unspecified atom stereocenters. The lowest BCUT2D eigenvalue weighted by atomic mass is 10.1. The lowest BCUT2D eigenvalue weighted by Crippen LogP contribution is -2.36. The summed E-state index contributed by atoms with van der Waals surface area (Å²) in [5.41, 5.74) is -0.0956. The SMILES string of the molecule is O=C(CCCCn1c(=O)[nH]c2ccccc2c1=O)N1CCCCC1. The van der Waals surface area contributed by atoms with Crippen molar-refractivity contribution in [3.8, 4) is 0 Å². The zero-order valence-corrected chi connectivity index (χ0v) is 13.8. The largest absolute Gasteiger partial charge is 0.343 e. The van der Waals surface area contributed by atoms with Crippen molar-refractivity contribution in [1.29, 1.82) is 0 Å². The third-order valence-corrected chi connectivity index (χ3v) is 4.62. The predicted octanol–water partition coefficient (Wildman–Crippen LogP) is 1.87. The molecular weight excluding hydrogens is 306 g/mol. The highest BCUT2D eigenvalue weighted by Crippen LogP contribution is 2.11. The van der Waals surface area contributed by atoms with Crippen LogP contribution in [-0.4, -0.2) is 33.4 Å². The van der Waals surface area contributed by atoms with Crippen LogP contribution in [0.25, 0.3) is 10.9 Å². The zero-order valence-electron chi connectivity index (χ0n) is 13.8. The molecule has 24 heavy (non-hydrogen) atoms. The smallest absolute Gasteiger partial charge is 0.328 e. The summed E-state index contributed by atoms with van der Waals surface area (Å²) in [7, 11) is 0. The van der Waals surface area contributed by atoms with Crippen LogP contribution in [0.4, 0.5) is 0 Å². The highest BCUT2D eigenvalue weighted by atomic mass is 16.2. The fraction of sp³-hybridized carbons (Fsp3) is 0.500. The van der Waals surface area contributed by atoms with Crippen LogP contribution in [0, 0.1) is 0 Å². The van der Waals surface area contributed by atoms with E-state index in [4.69, 9.17) is 0 Å². The number of amides is 1. The molecule has 0 spiro atoms. The van der Waals surface area contributed by atoms with Crippen LogP contribution in [0.5, 0.6) is 0 Å². The monoisotopic (exact) mass is 329 g/mol. The second-order valence-corrected chi connectivity index (χ2v) is 6.33. The summed E-state index contributed by atoms with van der Waals surface area (Å²) >= 11 is 0. The van der Waals surface area contributed by atoms with E-state index in [2.05, 4.69) is 4.98 Å². The first-order valence-electron chi connectivity index (χ1n) is 8.66. The summed E-state index contributed by atoms with van der Waals surface area (Å²) < 4.78 is 1.23. The van der Waals surface area contributed by atoms with Gasteiger partial charge in [0.1, 0.15) is 0 Å². The fourth-order valence-corrected chi connectivity index (χ4v) is 3.25. The number of carbonyl (C=O) groups is 1. The van der Waals surface area contributed by atoms with Crippen molar-refractivity contribution < 1.29 is 4.79 Å². The van der Waals surface area contributed by atoms with E-state index in [1.807, 2.05) is 4.90 Å². The highest BCUT2D eigenvalue weighted by Gasteiger charge is 2.15. The van der Waals surface area contributed by atoms with Gasteiger partial charge in [0.05, 0.1) is 10.9 Å². The third-order valence-electron chi connectivity index (χ3n) is 4.62. The molecule has 1 N–H and O–H groups in total. The van der Waals surface area contributed by atoms with E-state index in [-0.39, 0.29) is 17.2 Å². The van der Waals surface area contributed by atoms with Gasteiger partial charge in [-0.15, -0.1) is 0 Å². The molecule has 1 saturated heterocycles. The Morgan fingerprint density at radius 3 is 2.58 bits per heavy atom. The molecule has 0 atom stereocenters. The highest BCUT2D eigenvalue weighted by molar-refractivity contribution is 5.77. The second-order valence-electron chi connectivity index (χ2n) is 6.33. The summed E-state index contributed by atoms with van der Waals surface area (Å²) in [6.07, 6.45) is 5.20. The van der Waals surface area contributed by atoms with E-state index < -0.39 is 0 Å². The number of hydrogen-bond donors (Lipinski definition) is 1. The van der Waals surface area contributed by atoms with Gasteiger partial charge in [0.15, 0.2) is 0 Å². The lowest BCUT2D eigenvalue weighted by Gasteiger charge is -2.26. The van der Waals surface area contributed by atoms with Gasteiger partial charge in [-0.2, -0.15) is 0 Å². The quantitative estimate of drug-likeness (QED) is 0.851. The summed E-state index contributed by atoms with van der Waals surface area (Å²) in [5.74, 6) is 0.189. The van der Waals surface area contributed by atoms with Crippen molar-refractivity contribution >= 4 is 16.8 Å². The number of rotatable bonds is 5. The summed E-state index contributed by atoms with van der Waals surface area (Å²) in [6.45, 7) is 2.07. The van der Waals surface area contributed by atoms with Gasteiger partial charge in [0.25, 0.3) is 5.56 Å². The van der Waals surface area contributed by atoms with E-state index in [0.717, 1.165) is 25.9 Å². The average Bonchev–Trinajstić information content (AvgIpc) is 2.61. The first-order valence-corrected chi connectivity index (χ1v) is 8.66. The van der Waals surface area contributed by atoms with Gasteiger partial charge in [0, 0.05) is 26.1 Å². The first-order chi connectivity index (χ1) is 11.7. The van der Waals surface area contributed by atoms with Crippen LogP contribution in [0.3, 0.4) is 0 Å². The van der Waals surface area contributed by atoms with Gasteiger partial charge >= 0.3 is 5.69 Å². The Labute approximate surface area is 140 Å². The molecule has 0 radical (unpaired) electrons. The fourth-order valence-electron chi connectivity index (χ4n) is 3.25. The molecule has 0 aliphatic carbocycles. The maximum Gasteiger partial charge on any atom is 0.328 e. The first kappa shape index (κ1) is 16.5. The van der Waals surface area contributed by atoms with Gasteiger partial charge in [0.2, 0.25) is 5.91 Å². The molecule has 1 aliphatic heterocycles. The number of nitrogens with one attached hydrogen (secondary N) is 1. The third kappa shape index (κ3) is 3.58. The Morgan fingerprint density at radius 1 is 1.04 bits per heavy atom. The van der Waals surface area contributed by atoms with Crippen LogP contribution < -0.4 is 11.2 Å². The molecule has 1 fully saturated rings. The van der Waals surface area contributed by atoms with Crippen molar-refractivity contribution in [3.05, 3.63) is 45.1 Å². The van der Waals surface area contributed by atoms with Crippen molar-refractivity contribution in [1.82, 2.24) is 14.5 Å². The maximum absolute atomic E-state index is 12.4. The molecular formula is C18H23N3O3. The molecule has 1 amide bonds. The summed E-state index contributed by atoms with van der Waals surface area (Å²) in [6, 6.07) is 7.00. The van der Waals surface area contributed by atoms with E-state index in [1.165, 1.54) is 11.0 Å². The van der Waals surface area contributed by atoms with Crippen LogP contribution >= 0.6 is 0 Å². The standard InChI is InChI=1S/C18H23N3O3/c22-16(20-11-5-1-6-12-20)10-4-7-13-21-17(23)14-8-2-3-9-15(14)19-18(21)24/h2-3,8-9H,1,4-7,10-13H2,(H,19,24). The van der Waals surface area contributed by atoms with Gasteiger partial charge in [-0.3, -0.25) is 14.2 Å². The molecule has 2 aromatic rings. The molecule has 3 rings (SSSR count). The second kappa shape index (κ2) is 7.47. The number of carbonyl (C=O) groups excluding carboxylic acids is 1. The van der Waals surface area contributed by atoms with Crippen LogP contribution in [0.2, 0.25) is 0 Å². The van der Waals surface area contributed by atoms with E-state index in [1.54, 1.807) is 24.3 Å². The van der Waals surface area contributed by atoms with Crippen molar-refractivity contribution in [2.45, 2.75) is 45.1 Å². The van der Waals surface area contributed by atoms with Crippen molar-refractivity contribution in [2.24, 2.45) is 0 Å². The molecule has 128 valence electrons. The molecule has 2 heterocycles. The summed E-state index contributed by atoms with van der Waals surface area (Å²) in [4.78, 5) is 41.2. The van der Waals surface area contributed by atoms with Gasteiger partial charge < -0.3 is 9.88 Å². The molecule has 6 heteroatoms. The van der Waals surface area contributed by atoms with Crippen molar-refractivity contribution in [3.63, 3.8) is 0 Å². The number of likely N-dealkylation sites (tertiary alicyclic amines) is 1. The molecule has 1 aromatic carbocycles. The number of fused-ring (bicyclic) bond motifs is 1. The normalized spacial score (nSPS) is 14.9. The Kier molecular flexibility index (Phi) is 5.13. The van der Waals surface area contributed by atoms with Crippen LogP contribution in [-0.2, 0) is 11.3 Å². The zero-order chi connectivity index (χ0) is 16.9. The molecule has 0 bridgehead atoms. The van der Waals surface area contributed by atoms with Crippen LogP contribution in [0.1, 0.15) is 38.5 Å². The Balaban J connectivity index is 1.59.